The first-order valence-electron chi connectivity index (χ1n) is 5.52. The van der Waals surface area contributed by atoms with Crippen LogP contribution in [0.3, 0.4) is 0 Å². The lowest BCUT2D eigenvalue weighted by atomic mass is 9.62. The molecule has 0 heterocycles. The molecule has 0 aromatic rings. The lowest BCUT2D eigenvalue weighted by Crippen LogP contribution is -2.43. The average Bonchev–Trinajstić information content (AvgIpc) is 2.69. The van der Waals surface area contributed by atoms with Gasteiger partial charge >= 0.3 is 0 Å². The Morgan fingerprint density at radius 3 is 2.18 bits per heavy atom. The Morgan fingerprint density at radius 2 is 1.71 bits per heavy atom. The zero-order valence-corrected chi connectivity index (χ0v) is 12.8. The number of hydrogen-bond acceptors (Lipinski definition) is 2. The summed E-state index contributed by atoms with van der Waals surface area (Å²) < 4.78 is 0. The zero-order chi connectivity index (χ0) is 12.8. The van der Waals surface area contributed by atoms with Crippen LogP contribution >= 0.6 is 31.9 Å². The summed E-state index contributed by atoms with van der Waals surface area (Å²) in [6, 6.07) is 4.61. The summed E-state index contributed by atoms with van der Waals surface area (Å²) in [7, 11) is 0. The lowest BCUT2D eigenvalue weighted by Gasteiger charge is -2.43. The second kappa shape index (κ2) is 3.97. The number of allylic oxidation sites excluding steroid dienone is 4. The van der Waals surface area contributed by atoms with E-state index in [0.29, 0.717) is 0 Å². The molecule has 2 aliphatic carbocycles. The van der Waals surface area contributed by atoms with Gasteiger partial charge in [0.25, 0.3) is 0 Å². The van der Waals surface area contributed by atoms with Crippen molar-refractivity contribution in [2.24, 2.45) is 10.8 Å². The number of nitriles is 2. The highest BCUT2D eigenvalue weighted by atomic mass is 79.9. The van der Waals surface area contributed by atoms with Gasteiger partial charge < -0.3 is 0 Å². The SMILES string of the molecule is CC[C@]12C(C#N)=C[C@H](Br)[C@@]1(C)C(C#N)=C[C@@H]2Br. The van der Waals surface area contributed by atoms with Crippen LogP contribution in [0.15, 0.2) is 23.3 Å². The molecule has 2 rings (SSSR count). The normalized spacial score (nSPS) is 43.4. The Hall–Kier alpha value is -0.580. The molecule has 0 N–H and O–H groups in total. The minimum atomic E-state index is -0.324. The molecule has 0 radical (unpaired) electrons. The van der Waals surface area contributed by atoms with Gasteiger partial charge in [-0.05, 0) is 6.42 Å². The van der Waals surface area contributed by atoms with Crippen molar-refractivity contribution < 1.29 is 0 Å². The molecule has 0 aromatic heterocycles. The van der Waals surface area contributed by atoms with E-state index >= 15 is 0 Å². The molecular weight excluding hydrogens is 344 g/mol. The smallest absolute Gasteiger partial charge is 0.0951 e. The number of fused-ring (bicyclic) bond motifs is 1. The predicted octanol–water partition coefficient (Wildman–Crippen LogP) is 3.84. The van der Waals surface area contributed by atoms with E-state index in [1.165, 1.54) is 0 Å². The minimum absolute atomic E-state index is 0.0399. The van der Waals surface area contributed by atoms with E-state index in [1.807, 2.05) is 12.2 Å². The molecule has 88 valence electrons. The van der Waals surface area contributed by atoms with Crippen LogP contribution in [0.5, 0.6) is 0 Å². The van der Waals surface area contributed by atoms with Crippen molar-refractivity contribution in [2.75, 3.05) is 0 Å². The standard InChI is InChI=1S/C13H12Br2N2/c1-3-13-9(7-17)5-10(14)12(13,2)8(6-16)4-11(13)15/h4-5,10-11H,3H2,1-2H3/t10-,11-,12+,13+/m0/s1. The molecular formula is C13H12Br2N2. The zero-order valence-electron chi connectivity index (χ0n) is 9.67. The Bertz CT molecular complexity index is 508. The molecule has 0 amide bonds. The summed E-state index contributed by atoms with van der Waals surface area (Å²) in [5.74, 6) is 0. The van der Waals surface area contributed by atoms with E-state index < -0.39 is 0 Å². The van der Waals surface area contributed by atoms with Crippen LogP contribution in [0, 0.1) is 33.5 Å². The Labute approximate surface area is 118 Å². The van der Waals surface area contributed by atoms with Crippen molar-refractivity contribution in [1.29, 1.82) is 10.5 Å². The summed E-state index contributed by atoms with van der Waals surface area (Å²) in [6.45, 7) is 4.16. The number of nitrogens with zero attached hydrogens (tertiary/aromatic N) is 2. The second-order valence-electron chi connectivity index (χ2n) is 4.72. The fraction of sp³-hybridized carbons (Fsp3) is 0.538. The van der Waals surface area contributed by atoms with E-state index in [-0.39, 0.29) is 20.5 Å². The van der Waals surface area contributed by atoms with Crippen LogP contribution in [-0.4, -0.2) is 9.65 Å². The number of hydrogen-bond donors (Lipinski definition) is 0. The Balaban J connectivity index is 2.70. The number of halogens is 2. The molecule has 4 atom stereocenters. The monoisotopic (exact) mass is 354 g/mol. The average molecular weight is 356 g/mol. The van der Waals surface area contributed by atoms with E-state index in [9.17, 15) is 10.5 Å². The first-order valence-corrected chi connectivity index (χ1v) is 7.35. The van der Waals surface area contributed by atoms with Crippen LogP contribution in [0.1, 0.15) is 20.3 Å². The minimum Gasteiger partial charge on any atom is -0.193 e. The van der Waals surface area contributed by atoms with E-state index in [0.717, 1.165) is 17.6 Å². The van der Waals surface area contributed by atoms with Gasteiger partial charge in [-0.25, -0.2) is 0 Å². The lowest BCUT2D eigenvalue weighted by molar-refractivity contribution is 0.195. The van der Waals surface area contributed by atoms with Gasteiger partial charge in [0.2, 0.25) is 0 Å². The maximum absolute atomic E-state index is 9.35. The van der Waals surface area contributed by atoms with Crippen LogP contribution < -0.4 is 0 Å². The molecule has 0 fully saturated rings. The third kappa shape index (κ3) is 1.23. The first kappa shape index (κ1) is 12.9. The fourth-order valence-electron chi connectivity index (χ4n) is 3.32. The van der Waals surface area contributed by atoms with Crippen LogP contribution in [0.2, 0.25) is 0 Å². The maximum Gasteiger partial charge on any atom is 0.0951 e. The van der Waals surface area contributed by atoms with E-state index in [1.54, 1.807) is 0 Å². The van der Waals surface area contributed by atoms with Crippen molar-refractivity contribution in [2.45, 2.75) is 29.9 Å². The second-order valence-corrected chi connectivity index (χ2v) is 6.69. The molecule has 0 saturated heterocycles. The fourth-order valence-corrected chi connectivity index (χ4v) is 5.55. The molecule has 0 bridgehead atoms. The molecule has 4 heteroatoms. The maximum atomic E-state index is 9.35. The van der Waals surface area contributed by atoms with Gasteiger partial charge in [-0.3, -0.25) is 0 Å². The predicted molar refractivity (Wildman–Crippen MR) is 73.7 cm³/mol. The Morgan fingerprint density at radius 1 is 1.18 bits per heavy atom. The summed E-state index contributed by atoms with van der Waals surface area (Å²) in [5.41, 5.74) is 0.939. The molecule has 17 heavy (non-hydrogen) atoms. The van der Waals surface area contributed by atoms with Crippen molar-refractivity contribution in [3.05, 3.63) is 23.3 Å². The highest BCUT2D eigenvalue weighted by Gasteiger charge is 2.65. The Kier molecular flexibility index (Phi) is 3.00. The molecule has 0 unspecified atom stereocenters. The van der Waals surface area contributed by atoms with Gasteiger partial charge in [-0.1, -0.05) is 57.9 Å². The summed E-state index contributed by atoms with van der Waals surface area (Å²) >= 11 is 7.27. The van der Waals surface area contributed by atoms with Crippen molar-refractivity contribution in [1.82, 2.24) is 0 Å². The van der Waals surface area contributed by atoms with Gasteiger partial charge in [0.1, 0.15) is 0 Å². The quantitative estimate of drug-likeness (QED) is 0.671. The number of alkyl halides is 2. The summed E-state index contributed by atoms with van der Waals surface area (Å²) in [6.07, 6.45) is 4.76. The summed E-state index contributed by atoms with van der Waals surface area (Å²) in [5, 5.41) is 18.7. The van der Waals surface area contributed by atoms with Gasteiger partial charge in [0, 0.05) is 31.6 Å². The largest absolute Gasteiger partial charge is 0.193 e. The van der Waals surface area contributed by atoms with E-state index in [4.69, 9.17) is 0 Å². The van der Waals surface area contributed by atoms with Crippen LogP contribution in [-0.2, 0) is 0 Å². The van der Waals surface area contributed by atoms with Gasteiger partial charge in [-0.2, -0.15) is 10.5 Å². The molecule has 0 aliphatic heterocycles. The van der Waals surface area contributed by atoms with Crippen LogP contribution in [0.25, 0.3) is 0 Å². The van der Waals surface area contributed by atoms with E-state index in [2.05, 4.69) is 57.8 Å². The van der Waals surface area contributed by atoms with Gasteiger partial charge in [0.15, 0.2) is 0 Å². The molecule has 0 saturated carbocycles. The van der Waals surface area contributed by atoms with Crippen molar-refractivity contribution in [3.63, 3.8) is 0 Å². The van der Waals surface area contributed by atoms with Crippen molar-refractivity contribution in [3.8, 4) is 12.1 Å². The topological polar surface area (TPSA) is 47.6 Å². The third-order valence-corrected chi connectivity index (χ3v) is 6.64. The molecule has 2 aliphatic rings. The molecule has 0 spiro atoms. The molecule has 0 aromatic carbocycles. The number of rotatable bonds is 1. The highest BCUT2D eigenvalue weighted by Crippen LogP contribution is 2.67. The van der Waals surface area contributed by atoms with Crippen molar-refractivity contribution >= 4 is 31.9 Å². The molecule has 2 nitrogen and oxygen atoms in total. The first-order chi connectivity index (χ1) is 7.98. The van der Waals surface area contributed by atoms with Gasteiger partial charge in [0.05, 0.1) is 12.1 Å². The highest BCUT2D eigenvalue weighted by molar-refractivity contribution is 9.10. The summed E-state index contributed by atoms with van der Waals surface area (Å²) in [4.78, 5) is 0.0890. The third-order valence-electron chi connectivity index (χ3n) is 4.41. The van der Waals surface area contributed by atoms with Crippen LogP contribution in [0.4, 0.5) is 0 Å². The van der Waals surface area contributed by atoms with Gasteiger partial charge in [-0.15, -0.1) is 0 Å².